The highest BCUT2D eigenvalue weighted by Gasteiger charge is 2.26. The molecule has 0 radical (unpaired) electrons. The van der Waals surface area contributed by atoms with E-state index in [2.05, 4.69) is 135 Å². The van der Waals surface area contributed by atoms with E-state index < -0.39 is 26.5 Å². The van der Waals surface area contributed by atoms with Crippen LogP contribution in [0.25, 0.3) is 0 Å². The van der Waals surface area contributed by atoms with Gasteiger partial charge in [0, 0.05) is 19.4 Å². The van der Waals surface area contributed by atoms with Crippen molar-refractivity contribution in [1.29, 1.82) is 0 Å². The highest BCUT2D eigenvalue weighted by atomic mass is 31.2. The van der Waals surface area contributed by atoms with Gasteiger partial charge in [-0.15, -0.1) is 0 Å². The van der Waals surface area contributed by atoms with Crippen LogP contribution in [0.1, 0.15) is 322 Å². The minimum atomic E-state index is -4.40. The molecule has 0 saturated carbocycles. The second-order valence-electron chi connectivity index (χ2n) is 23.7. The fourth-order valence-electron chi connectivity index (χ4n) is 10.0. The number of nitrogens with two attached hydrogens (primary N) is 1. The van der Waals surface area contributed by atoms with Gasteiger partial charge in [-0.1, -0.05) is 322 Å². The van der Waals surface area contributed by atoms with Gasteiger partial charge in [-0.2, -0.15) is 0 Å². The Morgan fingerprint density at radius 3 is 0.943 bits per heavy atom. The maximum atomic E-state index is 12.8. The van der Waals surface area contributed by atoms with E-state index in [0.717, 1.165) is 96.3 Å². The molecule has 500 valence electrons. The number of hydrogen-bond acceptors (Lipinski definition) is 8. The summed E-state index contributed by atoms with van der Waals surface area (Å²) in [6.07, 6.45) is 100. The first-order valence-electron chi connectivity index (χ1n) is 36.0. The first-order valence-corrected chi connectivity index (χ1v) is 37.5. The summed E-state index contributed by atoms with van der Waals surface area (Å²) in [6, 6.07) is 0. The monoisotopic (exact) mass is 1230 g/mol. The number of carbonyl (C=O) groups excluding carboxylic acids is 2. The van der Waals surface area contributed by atoms with Crippen LogP contribution in [0, 0.1) is 0 Å². The Balaban J connectivity index is 3.86. The molecule has 0 heterocycles. The standard InChI is InChI=1S/C77H134NO8P/c1-3-5-7-9-11-13-15-17-19-21-23-25-27-29-30-31-32-33-34-35-36-37-38-39-40-41-42-43-44-46-48-50-52-54-56-58-60-62-64-66-68-70-77(80)86-75(74-85-87(81,82)84-72-71-78)73-83-76(79)69-67-65-63-61-59-57-55-53-51-49-47-45-28-26-24-22-20-18-16-14-12-10-8-6-4-2/h5,7,11,13,16-19,22-25,29-30,32-33,35-36,38-39,75H,3-4,6,8-10,12,14-15,20-21,26-28,31,34,37,40-74,78H2,1-2H3,(H,81,82)/b7-5-,13-11-,18-16-,19-17-,24-22-,25-23-,30-29-,33-32-,36-35-,39-38-. The van der Waals surface area contributed by atoms with Crippen molar-refractivity contribution in [3.63, 3.8) is 0 Å². The Hall–Kier alpha value is -3.59. The zero-order valence-electron chi connectivity index (χ0n) is 56.2. The summed E-state index contributed by atoms with van der Waals surface area (Å²) < 4.78 is 33.2. The van der Waals surface area contributed by atoms with Crippen molar-refractivity contribution in [1.82, 2.24) is 0 Å². The van der Waals surface area contributed by atoms with Crippen molar-refractivity contribution >= 4 is 19.8 Å². The van der Waals surface area contributed by atoms with E-state index in [-0.39, 0.29) is 38.6 Å². The van der Waals surface area contributed by atoms with E-state index >= 15 is 0 Å². The van der Waals surface area contributed by atoms with Crippen molar-refractivity contribution < 1.29 is 37.6 Å². The third kappa shape index (κ3) is 71.4. The van der Waals surface area contributed by atoms with Crippen LogP contribution in [0.3, 0.4) is 0 Å². The predicted molar refractivity (Wildman–Crippen MR) is 376 cm³/mol. The van der Waals surface area contributed by atoms with Gasteiger partial charge in [0.15, 0.2) is 6.10 Å². The number of esters is 2. The van der Waals surface area contributed by atoms with E-state index in [1.807, 2.05) is 0 Å². The van der Waals surface area contributed by atoms with Crippen molar-refractivity contribution in [2.45, 2.75) is 328 Å². The molecule has 0 aliphatic rings. The lowest BCUT2D eigenvalue weighted by Gasteiger charge is -2.19. The summed E-state index contributed by atoms with van der Waals surface area (Å²) in [4.78, 5) is 35.4. The summed E-state index contributed by atoms with van der Waals surface area (Å²) in [5, 5.41) is 0. The Kier molecular flexibility index (Phi) is 68.5. The molecule has 0 aliphatic carbocycles. The van der Waals surface area contributed by atoms with Gasteiger partial charge in [0.05, 0.1) is 13.2 Å². The second kappa shape index (κ2) is 71.5. The number of phosphoric acid groups is 1. The van der Waals surface area contributed by atoms with Crippen LogP contribution < -0.4 is 5.73 Å². The molecule has 0 fully saturated rings. The van der Waals surface area contributed by atoms with Crippen molar-refractivity contribution in [2.24, 2.45) is 5.73 Å². The number of rotatable bonds is 67. The molecule has 0 spiro atoms. The Morgan fingerprint density at radius 2 is 0.632 bits per heavy atom. The van der Waals surface area contributed by atoms with E-state index in [0.29, 0.717) is 6.42 Å². The first-order chi connectivity index (χ1) is 42.8. The molecule has 9 nitrogen and oxygen atoms in total. The second-order valence-corrected chi connectivity index (χ2v) is 25.2. The highest BCUT2D eigenvalue weighted by molar-refractivity contribution is 7.47. The minimum absolute atomic E-state index is 0.0505. The fourth-order valence-corrected chi connectivity index (χ4v) is 10.8. The topological polar surface area (TPSA) is 134 Å². The van der Waals surface area contributed by atoms with Gasteiger partial charge in [0.25, 0.3) is 0 Å². The number of phosphoric ester groups is 1. The Labute approximate surface area is 536 Å². The number of carbonyl (C=O) groups is 2. The quantitative estimate of drug-likeness (QED) is 0.0264. The maximum absolute atomic E-state index is 12.8. The SMILES string of the molecule is CC/C=C\C/C=C\C/C=C\C/C=C\C/C=C\C/C=C\C/C=C\C/C=C\CCCCCCCCCCCCCCCCCCC(=O)OC(COC(=O)CCCCCCCCCCCCCCC/C=C\C/C=C\CCCCCCC)COP(=O)(O)OCCN. The van der Waals surface area contributed by atoms with Crippen molar-refractivity contribution in [2.75, 3.05) is 26.4 Å². The number of ether oxygens (including phenoxy) is 2. The van der Waals surface area contributed by atoms with Gasteiger partial charge in [0.1, 0.15) is 6.61 Å². The Bertz CT molecular complexity index is 1840. The lowest BCUT2D eigenvalue weighted by molar-refractivity contribution is -0.161. The van der Waals surface area contributed by atoms with Crippen LogP contribution >= 0.6 is 7.82 Å². The predicted octanol–water partition coefficient (Wildman–Crippen LogP) is 23.9. The molecular formula is C77H134NO8P. The molecule has 0 aromatic heterocycles. The smallest absolute Gasteiger partial charge is 0.462 e. The summed E-state index contributed by atoms with van der Waals surface area (Å²) in [7, 11) is -4.40. The molecule has 0 rings (SSSR count). The molecule has 0 amide bonds. The van der Waals surface area contributed by atoms with E-state index in [1.54, 1.807) is 0 Å². The molecule has 10 heteroatoms. The molecule has 0 bridgehead atoms. The van der Waals surface area contributed by atoms with E-state index in [9.17, 15) is 19.0 Å². The zero-order valence-corrected chi connectivity index (χ0v) is 57.1. The van der Waals surface area contributed by atoms with Gasteiger partial charge in [-0.3, -0.25) is 18.6 Å². The minimum Gasteiger partial charge on any atom is -0.462 e. The third-order valence-electron chi connectivity index (χ3n) is 15.3. The molecule has 0 aliphatic heterocycles. The van der Waals surface area contributed by atoms with E-state index in [1.165, 1.54) is 193 Å². The molecule has 0 aromatic carbocycles. The van der Waals surface area contributed by atoms with Crippen LogP contribution in [0.5, 0.6) is 0 Å². The molecule has 2 atom stereocenters. The average Bonchev–Trinajstić information content (AvgIpc) is 3.65. The molecule has 3 N–H and O–H groups in total. The van der Waals surface area contributed by atoms with Crippen molar-refractivity contribution in [3.8, 4) is 0 Å². The summed E-state index contributed by atoms with van der Waals surface area (Å²) in [6.45, 7) is 3.65. The first kappa shape index (κ1) is 83.4. The number of allylic oxidation sites excluding steroid dienone is 20. The summed E-state index contributed by atoms with van der Waals surface area (Å²) >= 11 is 0. The highest BCUT2D eigenvalue weighted by Crippen LogP contribution is 2.43. The van der Waals surface area contributed by atoms with Crippen LogP contribution in [-0.4, -0.2) is 49.3 Å². The van der Waals surface area contributed by atoms with Crippen LogP contribution in [0.4, 0.5) is 0 Å². The van der Waals surface area contributed by atoms with Gasteiger partial charge in [-0.05, 0) is 109 Å². The molecule has 0 aromatic rings. The lowest BCUT2D eigenvalue weighted by atomic mass is 10.0. The largest absolute Gasteiger partial charge is 0.472 e. The van der Waals surface area contributed by atoms with Crippen molar-refractivity contribution in [3.05, 3.63) is 122 Å². The zero-order chi connectivity index (χ0) is 63.0. The fraction of sp³-hybridized carbons (Fsp3) is 0.714. The van der Waals surface area contributed by atoms with Gasteiger partial charge >= 0.3 is 19.8 Å². The normalized spacial score (nSPS) is 13.7. The average molecular weight is 1230 g/mol. The summed E-state index contributed by atoms with van der Waals surface area (Å²) in [5.74, 6) is -0.821. The molecule has 2 unspecified atom stereocenters. The van der Waals surface area contributed by atoms with Crippen LogP contribution in [0.15, 0.2) is 122 Å². The van der Waals surface area contributed by atoms with Gasteiger partial charge < -0.3 is 20.1 Å². The van der Waals surface area contributed by atoms with Gasteiger partial charge in [-0.25, -0.2) is 4.57 Å². The maximum Gasteiger partial charge on any atom is 0.472 e. The van der Waals surface area contributed by atoms with E-state index in [4.69, 9.17) is 24.3 Å². The third-order valence-corrected chi connectivity index (χ3v) is 16.3. The number of hydrogen-bond donors (Lipinski definition) is 2. The molecule has 0 saturated heterocycles. The molecular weight excluding hydrogens is 1100 g/mol. The lowest BCUT2D eigenvalue weighted by Crippen LogP contribution is -2.29. The summed E-state index contributed by atoms with van der Waals surface area (Å²) in [5.41, 5.74) is 5.40. The number of unbranched alkanes of at least 4 members (excludes halogenated alkanes) is 34. The van der Waals surface area contributed by atoms with Crippen LogP contribution in [0.2, 0.25) is 0 Å². The molecule has 87 heavy (non-hydrogen) atoms. The Morgan fingerprint density at radius 1 is 0.356 bits per heavy atom. The van der Waals surface area contributed by atoms with Gasteiger partial charge in [0.2, 0.25) is 0 Å². The van der Waals surface area contributed by atoms with Crippen LogP contribution in [-0.2, 0) is 32.7 Å².